The second-order valence-electron chi connectivity index (χ2n) is 1.69. The summed E-state index contributed by atoms with van der Waals surface area (Å²) in [6.45, 7) is 5.75. The Hall–Kier alpha value is -1.30. The summed E-state index contributed by atoms with van der Waals surface area (Å²) in [4.78, 5) is 3.91. The summed E-state index contributed by atoms with van der Waals surface area (Å²) in [5.41, 5.74) is 0.704. The molecule has 0 aliphatic rings. The number of hydrogen-bond acceptors (Lipinski definition) is 3. The van der Waals surface area contributed by atoms with E-state index in [2.05, 4.69) is 4.98 Å². The first kappa shape index (κ1) is 9.70. The molecule has 0 aliphatic heterocycles. The number of rotatable bonds is 1. The Kier molecular flexibility index (Phi) is 4.83. The summed E-state index contributed by atoms with van der Waals surface area (Å²) in [7, 11) is 0. The molecule has 0 spiro atoms. The molecule has 0 aromatic carbocycles. The van der Waals surface area contributed by atoms with E-state index >= 15 is 0 Å². The second-order valence-corrected chi connectivity index (χ2v) is 1.69. The lowest BCUT2D eigenvalue weighted by Gasteiger charge is -1.74. The molecule has 0 atom stereocenters. The molecule has 1 aromatic rings. The maximum atomic E-state index is 8.20. The van der Waals surface area contributed by atoms with E-state index in [9.17, 15) is 0 Å². The van der Waals surface area contributed by atoms with Crippen molar-refractivity contribution in [2.24, 2.45) is 0 Å². The molecule has 0 aliphatic carbocycles. The van der Waals surface area contributed by atoms with Crippen molar-refractivity contribution in [2.45, 2.75) is 27.2 Å². The quantitative estimate of drug-likeness (QED) is 0.619. The van der Waals surface area contributed by atoms with Crippen LogP contribution in [0.3, 0.4) is 0 Å². The second kappa shape index (κ2) is 5.48. The van der Waals surface area contributed by atoms with Crippen LogP contribution in [0.1, 0.15) is 25.4 Å². The molecule has 0 unspecified atom stereocenters. The van der Waals surface area contributed by atoms with Gasteiger partial charge in [-0.15, -0.1) is 0 Å². The summed E-state index contributed by atoms with van der Waals surface area (Å²) in [6.07, 6.45) is 1.83. The van der Waals surface area contributed by atoms with Gasteiger partial charge in [0.15, 0.2) is 5.89 Å². The molecule has 11 heavy (non-hydrogen) atoms. The van der Waals surface area contributed by atoms with Crippen molar-refractivity contribution >= 4 is 0 Å². The zero-order valence-corrected chi connectivity index (χ0v) is 7.09. The standard InChI is InChI=1S/C6H6N2O.C2H6/c1-5-8-6(2-3-7)4-9-5;1-2/h4H,2H2,1H3;1-2H3. The van der Waals surface area contributed by atoms with E-state index in [0.29, 0.717) is 18.0 Å². The first-order valence-electron chi connectivity index (χ1n) is 3.61. The minimum Gasteiger partial charge on any atom is -0.449 e. The van der Waals surface area contributed by atoms with E-state index in [-0.39, 0.29) is 0 Å². The van der Waals surface area contributed by atoms with Crippen molar-refractivity contribution in [1.82, 2.24) is 4.98 Å². The summed E-state index contributed by atoms with van der Waals surface area (Å²) in [6, 6.07) is 1.97. The first-order valence-corrected chi connectivity index (χ1v) is 3.61. The molecule has 0 amide bonds. The van der Waals surface area contributed by atoms with Gasteiger partial charge in [-0.3, -0.25) is 0 Å². The Bertz CT molecular complexity index is 234. The largest absolute Gasteiger partial charge is 0.449 e. The number of nitriles is 1. The van der Waals surface area contributed by atoms with Crippen LogP contribution in [0.25, 0.3) is 0 Å². The van der Waals surface area contributed by atoms with Crippen molar-refractivity contribution in [3.8, 4) is 6.07 Å². The van der Waals surface area contributed by atoms with Gasteiger partial charge in [-0.25, -0.2) is 4.98 Å². The highest BCUT2D eigenvalue weighted by Gasteiger charge is 1.95. The van der Waals surface area contributed by atoms with Crippen molar-refractivity contribution in [2.75, 3.05) is 0 Å². The molecule has 1 aromatic heterocycles. The lowest BCUT2D eigenvalue weighted by molar-refractivity contribution is 0.521. The van der Waals surface area contributed by atoms with Gasteiger partial charge in [0.2, 0.25) is 0 Å². The van der Waals surface area contributed by atoms with E-state index in [1.807, 2.05) is 19.9 Å². The topological polar surface area (TPSA) is 49.8 Å². The van der Waals surface area contributed by atoms with Crippen LogP contribution in [0.4, 0.5) is 0 Å². The van der Waals surface area contributed by atoms with Crippen LogP contribution in [0.2, 0.25) is 0 Å². The van der Waals surface area contributed by atoms with Gasteiger partial charge in [0, 0.05) is 6.92 Å². The molecule has 0 fully saturated rings. The molecule has 3 heteroatoms. The van der Waals surface area contributed by atoms with Crippen LogP contribution in [-0.4, -0.2) is 4.98 Å². The Morgan fingerprint density at radius 2 is 2.27 bits per heavy atom. The number of hydrogen-bond donors (Lipinski definition) is 0. The number of aromatic nitrogens is 1. The number of nitrogens with zero attached hydrogens (tertiary/aromatic N) is 2. The summed E-state index contributed by atoms with van der Waals surface area (Å²) in [5, 5.41) is 8.20. The first-order chi connectivity index (χ1) is 5.33. The lowest BCUT2D eigenvalue weighted by atomic mass is 10.4. The van der Waals surface area contributed by atoms with Crippen LogP contribution >= 0.6 is 0 Å². The third-order valence-corrected chi connectivity index (χ3v) is 0.927. The molecular formula is C8H12N2O. The molecule has 0 N–H and O–H groups in total. The highest BCUT2D eigenvalue weighted by atomic mass is 16.3. The minimum atomic E-state index is 0.331. The smallest absolute Gasteiger partial charge is 0.191 e. The maximum Gasteiger partial charge on any atom is 0.191 e. The molecule has 0 saturated heterocycles. The van der Waals surface area contributed by atoms with Crippen LogP contribution in [-0.2, 0) is 6.42 Å². The fourth-order valence-electron chi connectivity index (χ4n) is 0.570. The minimum absolute atomic E-state index is 0.331. The van der Waals surface area contributed by atoms with Crippen LogP contribution in [0.5, 0.6) is 0 Å². The van der Waals surface area contributed by atoms with Gasteiger partial charge in [-0.05, 0) is 0 Å². The fourth-order valence-corrected chi connectivity index (χ4v) is 0.570. The van der Waals surface area contributed by atoms with E-state index in [1.165, 1.54) is 6.26 Å². The van der Waals surface area contributed by atoms with Gasteiger partial charge in [-0.2, -0.15) is 5.26 Å². The molecule has 1 rings (SSSR count). The molecule has 0 radical (unpaired) electrons. The molecule has 0 saturated carbocycles. The van der Waals surface area contributed by atoms with Crippen LogP contribution in [0.15, 0.2) is 10.7 Å². The Morgan fingerprint density at radius 3 is 2.64 bits per heavy atom. The Balaban J connectivity index is 0.000000461. The fraction of sp³-hybridized carbons (Fsp3) is 0.500. The van der Waals surface area contributed by atoms with Crippen LogP contribution in [0, 0.1) is 18.3 Å². The number of aryl methyl sites for hydroxylation is 1. The van der Waals surface area contributed by atoms with Crippen molar-refractivity contribution < 1.29 is 4.42 Å². The predicted molar refractivity (Wildman–Crippen MR) is 41.9 cm³/mol. The predicted octanol–water partition coefficient (Wildman–Crippen LogP) is 2.08. The van der Waals surface area contributed by atoms with E-state index in [0.717, 1.165) is 0 Å². The Morgan fingerprint density at radius 1 is 1.64 bits per heavy atom. The average molecular weight is 152 g/mol. The van der Waals surface area contributed by atoms with E-state index < -0.39 is 0 Å². The molecule has 60 valence electrons. The zero-order chi connectivity index (χ0) is 8.69. The third-order valence-electron chi connectivity index (χ3n) is 0.927. The average Bonchev–Trinajstić information content (AvgIpc) is 2.41. The summed E-state index contributed by atoms with van der Waals surface area (Å²) >= 11 is 0. The van der Waals surface area contributed by atoms with Gasteiger partial charge in [0.25, 0.3) is 0 Å². The van der Waals surface area contributed by atoms with Gasteiger partial charge in [0.05, 0.1) is 18.2 Å². The normalized spacial score (nSPS) is 7.82. The highest BCUT2D eigenvalue weighted by molar-refractivity contribution is 5.01. The van der Waals surface area contributed by atoms with Gasteiger partial charge in [-0.1, -0.05) is 13.8 Å². The monoisotopic (exact) mass is 152 g/mol. The third kappa shape index (κ3) is 3.41. The Labute approximate surface area is 66.7 Å². The maximum absolute atomic E-state index is 8.20. The molecule has 0 bridgehead atoms. The SMILES string of the molecule is CC.Cc1nc(CC#N)co1. The summed E-state index contributed by atoms with van der Waals surface area (Å²) in [5.74, 6) is 0.611. The van der Waals surface area contributed by atoms with Crippen molar-refractivity contribution in [1.29, 1.82) is 5.26 Å². The zero-order valence-electron chi connectivity index (χ0n) is 7.09. The molecular weight excluding hydrogens is 140 g/mol. The molecule has 1 heterocycles. The lowest BCUT2D eigenvalue weighted by Crippen LogP contribution is -1.79. The van der Waals surface area contributed by atoms with E-state index in [4.69, 9.17) is 9.68 Å². The summed E-state index contributed by atoms with van der Waals surface area (Å²) < 4.78 is 4.85. The van der Waals surface area contributed by atoms with Crippen molar-refractivity contribution in [3.63, 3.8) is 0 Å². The molecule has 3 nitrogen and oxygen atoms in total. The van der Waals surface area contributed by atoms with E-state index in [1.54, 1.807) is 6.92 Å². The van der Waals surface area contributed by atoms with Crippen LogP contribution < -0.4 is 0 Å². The van der Waals surface area contributed by atoms with Gasteiger partial charge >= 0.3 is 0 Å². The highest BCUT2D eigenvalue weighted by Crippen LogP contribution is 1.99. The van der Waals surface area contributed by atoms with Gasteiger partial charge < -0.3 is 4.42 Å². The van der Waals surface area contributed by atoms with Crippen molar-refractivity contribution in [3.05, 3.63) is 17.8 Å². The van der Waals surface area contributed by atoms with Gasteiger partial charge in [0.1, 0.15) is 6.26 Å². The number of oxazole rings is 1.